The number of amides is 1. The number of anilines is 1. The molecule has 0 aliphatic heterocycles. The summed E-state index contributed by atoms with van der Waals surface area (Å²) in [6.45, 7) is 0. The van der Waals surface area contributed by atoms with E-state index in [1.807, 2.05) is 0 Å². The number of rotatable bonds is 3. The van der Waals surface area contributed by atoms with Crippen molar-refractivity contribution in [1.29, 1.82) is 0 Å². The van der Waals surface area contributed by atoms with Crippen molar-refractivity contribution in [1.82, 2.24) is 0 Å². The molecule has 2 rings (SSSR count). The second-order valence-electron chi connectivity index (χ2n) is 4.01. The summed E-state index contributed by atoms with van der Waals surface area (Å²) < 4.78 is 13.5. The predicted molar refractivity (Wildman–Crippen MR) is 74.1 cm³/mol. The van der Waals surface area contributed by atoms with Crippen LogP contribution in [0.3, 0.4) is 0 Å². The van der Waals surface area contributed by atoms with E-state index in [2.05, 4.69) is 5.32 Å². The molecule has 0 fully saturated rings. The molecular formula is C13H8ClFN2O4. The van der Waals surface area contributed by atoms with Gasteiger partial charge in [-0.15, -0.1) is 0 Å². The van der Waals surface area contributed by atoms with Crippen molar-refractivity contribution < 1.29 is 19.2 Å². The third kappa shape index (κ3) is 3.09. The van der Waals surface area contributed by atoms with Gasteiger partial charge in [-0.3, -0.25) is 14.9 Å². The van der Waals surface area contributed by atoms with Gasteiger partial charge in [-0.1, -0.05) is 17.7 Å². The van der Waals surface area contributed by atoms with Crippen LogP contribution in [0, 0.1) is 15.9 Å². The molecule has 8 heteroatoms. The van der Waals surface area contributed by atoms with E-state index < -0.39 is 22.3 Å². The van der Waals surface area contributed by atoms with Gasteiger partial charge in [0, 0.05) is 12.1 Å². The van der Waals surface area contributed by atoms with Gasteiger partial charge in [-0.25, -0.2) is 4.39 Å². The monoisotopic (exact) mass is 310 g/mol. The van der Waals surface area contributed by atoms with Crippen LogP contribution in [0.25, 0.3) is 0 Å². The molecule has 108 valence electrons. The smallest absolute Gasteiger partial charge is 0.283 e. The van der Waals surface area contributed by atoms with Crippen molar-refractivity contribution in [2.75, 3.05) is 5.32 Å². The highest BCUT2D eigenvalue weighted by Crippen LogP contribution is 2.28. The van der Waals surface area contributed by atoms with Crippen molar-refractivity contribution in [2.24, 2.45) is 0 Å². The van der Waals surface area contributed by atoms with Gasteiger partial charge in [-0.05, 0) is 18.2 Å². The van der Waals surface area contributed by atoms with Gasteiger partial charge in [0.25, 0.3) is 11.6 Å². The molecule has 2 aromatic carbocycles. The fourth-order valence-corrected chi connectivity index (χ4v) is 1.94. The Morgan fingerprint density at radius 2 is 2.05 bits per heavy atom. The van der Waals surface area contributed by atoms with Crippen molar-refractivity contribution >= 4 is 28.9 Å². The Bertz CT molecular complexity index is 736. The number of carbonyl (C=O) groups excluding carboxylic acids is 1. The summed E-state index contributed by atoms with van der Waals surface area (Å²) >= 11 is 5.80. The molecule has 0 unspecified atom stereocenters. The minimum Gasteiger partial charge on any atom is -0.508 e. The van der Waals surface area contributed by atoms with Crippen LogP contribution in [0.1, 0.15) is 10.4 Å². The molecule has 0 saturated heterocycles. The molecule has 0 atom stereocenters. The fourth-order valence-electron chi connectivity index (χ4n) is 1.68. The zero-order chi connectivity index (χ0) is 15.6. The maximum absolute atomic E-state index is 13.5. The molecule has 21 heavy (non-hydrogen) atoms. The van der Waals surface area contributed by atoms with Crippen LogP contribution < -0.4 is 5.32 Å². The highest BCUT2D eigenvalue weighted by molar-refractivity contribution is 6.35. The minimum atomic E-state index is -0.920. The molecule has 0 aromatic heterocycles. The normalized spacial score (nSPS) is 10.2. The first kappa shape index (κ1) is 14.7. The Balaban J connectivity index is 2.39. The highest BCUT2D eigenvalue weighted by atomic mass is 35.5. The molecule has 0 radical (unpaired) electrons. The number of nitrogens with one attached hydrogen (secondary N) is 1. The van der Waals surface area contributed by atoms with Crippen LogP contribution >= 0.6 is 11.6 Å². The first-order valence-corrected chi connectivity index (χ1v) is 6.00. The summed E-state index contributed by atoms with van der Waals surface area (Å²) in [5.41, 5.74) is -1.08. The number of nitro benzene ring substituents is 1. The van der Waals surface area contributed by atoms with Crippen molar-refractivity contribution in [3.8, 4) is 5.75 Å². The third-order valence-corrected chi connectivity index (χ3v) is 2.93. The Morgan fingerprint density at radius 3 is 2.67 bits per heavy atom. The van der Waals surface area contributed by atoms with Gasteiger partial charge < -0.3 is 10.4 Å². The molecular weight excluding hydrogens is 303 g/mol. The summed E-state index contributed by atoms with van der Waals surface area (Å²) in [4.78, 5) is 22.2. The molecule has 6 nitrogen and oxygen atoms in total. The summed E-state index contributed by atoms with van der Waals surface area (Å²) in [5.74, 6) is -2.11. The first-order chi connectivity index (χ1) is 9.90. The number of phenols is 1. The Kier molecular flexibility index (Phi) is 4.04. The van der Waals surface area contributed by atoms with Gasteiger partial charge in [-0.2, -0.15) is 0 Å². The zero-order valence-corrected chi connectivity index (χ0v) is 11.1. The number of phenolic OH excluding ortho intramolecular Hbond substituents is 1. The van der Waals surface area contributed by atoms with Crippen LogP contribution in [-0.4, -0.2) is 15.9 Å². The summed E-state index contributed by atoms with van der Waals surface area (Å²) in [6.07, 6.45) is 0. The number of halogens is 2. The molecule has 0 bridgehead atoms. The molecule has 0 saturated carbocycles. The molecule has 0 aliphatic rings. The molecule has 0 heterocycles. The Hall–Kier alpha value is -2.67. The molecule has 0 spiro atoms. The molecule has 0 aliphatic carbocycles. The summed E-state index contributed by atoms with van der Waals surface area (Å²) in [5, 5.41) is 22.0. The molecule has 2 aromatic rings. The fraction of sp³-hybridized carbons (Fsp3) is 0. The van der Waals surface area contributed by atoms with Crippen LogP contribution in [0.4, 0.5) is 15.8 Å². The highest BCUT2D eigenvalue weighted by Gasteiger charge is 2.24. The lowest BCUT2D eigenvalue weighted by Gasteiger charge is -2.08. The lowest BCUT2D eigenvalue weighted by molar-refractivity contribution is -0.385. The quantitative estimate of drug-likeness (QED) is 0.516. The van der Waals surface area contributed by atoms with Gasteiger partial charge in [0.15, 0.2) is 0 Å². The van der Waals surface area contributed by atoms with Crippen molar-refractivity contribution in [3.05, 3.63) is 62.9 Å². The average molecular weight is 311 g/mol. The van der Waals surface area contributed by atoms with E-state index in [1.165, 1.54) is 18.2 Å². The number of benzene rings is 2. The van der Waals surface area contributed by atoms with Crippen molar-refractivity contribution in [3.63, 3.8) is 0 Å². The number of hydrogen-bond acceptors (Lipinski definition) is 4. The first-order valence-electron chi connectivity index (χ1n) is 5.63. The predicted octanol–water partition coefficient (Wildman–Crippen LogP) is 3.35. The number of nitrogens with zero attached hydrogens (tertiary/aromatic N) is 1. The minimum absolute atomic E-state index is 0.124. The SMILES string of the molecule is O=C(Nc1ccc(O)cc1F)c1c(Cl)cccc1[N+](=O)[O-]. The van der Waals surface area contributed by atoms with E-state index in [1.54, 1.807) is 0 Å². The summed E-state index contributed by atoms with van der Waals surface area (Å²) in [6, 6.07) is 6.87. The van der Waals surface area contributed by atoms with E-state index in [4.69, 9.17) is 16.7 Å². The van der Waals surface area contributed by atoms with Gasteiger partial charge in [0.05, 0.1) is 15.6 Å². The van der Waals surface area contributed by atoms with E-state index >= 15 is 0 Å². The van der Waals surface area contributed by atoms with Gasteiger partial charge in [0.1, 0.15) is 17.1 Å². The second kappa shape index (κ2) is 5.76. The molecule has 2 N–H and O–H groups in total. The van der Waals surface area contributed by atoms with Gasteiger partial charge >= 0.3 is 0 Å². The number of carbonyl (C=O) groups is 1. The van der Waals surface area contributed by atoms with Crippen LogP contribution in [0.5, 0.6) is 5.75 Å². The standard InChI is InChI=1S/C13H8ClFN2O4/c14-8-2-1-3-11(17(20)21)12(8)13(19)16-10-5-4-7(18)6-9(10)15/h1-6,18H,(H,16,19). The Labute approximate surface area is 122 Å². The van der Waals surface area contributed by atoms with Crippen molar-refractivity contribution in [2.45, 2.75) is 0 Å². The molecule has 1 amide bonds. The van der Waals surface area contributed by atoms with E-state index in [-0.39, 0.29) is 22.0 Å². The second-order valence-corrected chi connectivity index (χ2v) is 4.42. The third-order valence-electron chi connectivity index (χ3n) is 2.62. The lowest BCUT2D eigenvalue weighted by atomic mass is 10.1. The topological polar surface area (TPSA) is 92.5 Å². The summed E-state index contributed by atoms with van der Waals surface area (Å²) in [7, 11) is 0. The maximum atomic E-state index is 13.5. The van der Waals surface area contributed by atoms with Crippen LogP contribution in [0.2, 0.25) is 5.02 Å². The zero-order valence-electron chi connectivity index (χ0n) is 10.3. The Morgan fingerprint density at radius 1 is 1.33 bits per heavy atom. The number of nitro groups is 1. The van der Waals surface area contributed by atoms with E-state index in [0.717, 1.165) is 18.2 Å². The van der Waals surface area contributed by atoms with Crippen LogP contribution in [0.15, 0.2) is 36.4 Å². The lowest BCUT2D eigenvalue weighted by Crippen LogP contribution is -2.15. The number of aromatic hydroxyl groups is 1. The average Bonchev–Trinajstić information content (AvgIpc) is 2.41. The van der Waals surface area contributed by atoms with E-state index in [9.17, 15) is 19.3 Å². The maximum Gasteiger partial charge on any atom is 0.283 e. The van der Waals surface area contributed by atoms with Crippen LogP contribution in [-0.2, 0) is 0 Å². The number of hydrogen-bond donors (Lipinski definition) is 2. The van der Waals surface area contributed by atoms with Gasteiger partial charge in [0.2, 0.25) is 0 Å². The van der Waals surface area contributed by atoms with E-state index in [0.29, 0.717) is 0 Å². The largest absolute Gasteiger partial charge is 0.508 e.